The zero-order chi connectivity index (χ0) is 12.0. The van der Waals surface area contributed by atoms with Crippen LogP contribution in [0.25, 0.3) is 0 Å². The van der Waals surface area contributed by atoms with E-state index in [0.717, 1.165) is 36.5 Å². The number of rotatable bonds is 6. The van der Waals surface area contributed by atoms with E-state index >= 15 is 0 Å². The normalized spacial score (nSPS) is 10.4. The molecule has 3 heteroatoms. The summed E-state index contributed by atoms with van der Waals surface area (Å²) in [6.45, 7) is 7.83. The van der Waals surface area contributed by atoms with Crippen LogP contribution >= 0.6 is 23.2 Å². The van der Waals surface area contributed by atoms with Gasteiger partial charge in [-0.25, -0.2) is 0 Å². The molecule has 0 bridgehead atoms. The smallest absolute Gasteiger partial charge is 0.0453 e. The maximum absolute atomic E-state index is 6.07. The van der Waals surface area contributed by atoms with Crippen LogP contribution in [0.2, 0.25) is 10.0 Å². The van der Waals surface area contributed by atoms with Crippen molar-refractivity contribution in [3.8, 4) is 0 Å². The monoisotopic (exact) mass is 257 g/mol. The van der Waals surface area contributed by atoms with Crippen LogP contribution < -0.4 is 5.32 Å². The molecule has 16 heavy (non-hydrogen) atoms. The Morgan fingerprint density at radius 2 is 2.12 bits per heavy atom. The Balaban J connectivity index is 2.35. The molecule has 0 aliphatic rings. The van der Waals surface area contributed by atoms with Crippen molar-refractivity contribution in [3.63, 3.8) is 0 Å². The van der Waals surface area contributed by atoms with Crippen molar-refractivity contribution < 1.29 is 0 Å². The third-order valence-electron chi connectivity index (χ3n) is 2.46. The molecule has 1 aromatic rings. The van der Waals surface area contributed by atoms with Gasteiger partial charge in [-0.1, -0.05) is 48.3 Å². The van der Waals surface area contributed by atoms with Crippen LogP contribution in [0.3, 0.4) is 0 Å². The fraction of sp³-hybridized carbons (Fsp3) is 0.385. The lowest BCUT2D eigenvalue weighted by atomic mass is 10.1. The fourth-order valence-corrected chi connectivity index (χ4v) is 1.84. The molecule has 0 saturated heterocycles. The van der Waals surface area contributed by atoms with E-state index in [0.29, 0.717) is 5.02 Å². The minimum Gasteiger partial charge on any atom is -0.313 e. The molecule has 0 atom stereocenters. The van der Waals surface area contributed by atoms with Gasteiger partial charge in [-0.15, -0.1) is 0 Å². The molecule has 0 aromatic heterocycles. The van der Waals surface area contributed by atoms with E-state index in [4.69, 9.17) is 23.2 Å². The van der Waals surface area contributed by atoms with Gasteiger partial charge in [0.1, 0.15) is 0 Å². The van der Waals surface area contributed by atoms with Gasteiger partial charge in [-0.3, -0.25) is 0 Å². The first-order valence-corrected chi connectivity index (χ1v) is 6.20. The SMILES string of the molecule is C=C(CC)CNCCc1ccc(Cl)cc1Cl. The van der Waals surface area contributed by atoms with Crippen molar-refractivity contribution in [2.75, 3.05) is 13.1 Å². The highest BCUT2D eigenvalue weighted by atomic mass is 35.5. The largest absolute Gasteiger partial charge is 0.313 e. The van der Waals surface area contributed by atoms with Gasteiger partial charge in [0.15, 0.2) is 0 Å². The summed E-state index contributed by atoms with van der Waals surface area (Å²) in [5, 5.41) is 4.76. The Morgan fingerprint density at radius 1 is 1.38 bits per heavy atom. The van der Waals surface area contributed by atoms with Crippen LogP contribution in [0.4, 0.5) is 0 Å². The van der Waals surface area contributed by atoms with Crippen molar-refractivity contribution >= 4 is 23.2 Å². The first kappa shape index (κ1) is 13.6. The molecule has 0 unspecified atom stereocenters. The molecular weight excluding hydrogens is 241 g/mol. The average Bonchev–Trinajstić information content (AvgIpc) is 2.26. The predicted octanol–water partition coefficient (Wildman–Crippen LogP) is 4.09. The maximum Gasteiger partial charge on any atom is 0.0453 e. The molecule has 88 valence electrons. The van der Waals surface area contributed by atoms with E-state index < -0.39 is 0 Å². The molecule has 0 aliphatic heterocycles. The summed E-state index contributed by atoms with van der Waals surface area (Å²) >= 11 is 11.9. The van der Waals surface area contributed by atoms with Crippen LogP contribution in [0, 0.1) is 0 Å². The Labute approximate surface area is 107 Å². The Morgan fingerprint density at radius 3 is 2.75 bits per heavy atom. The van der Waals surface area contributed by atoms with Gasteiger partial charge in [0.05, 0.1) is 0 Å². The highest BCUT2D eigenvalue weighted by Gasteiger charge is 2.00. The first-order valence-electron chi connectivity index (χ1n) is 5.44. The summed E-state index contributed by atoms with van der Waals surface area (Å²) in [7, 11) is 0. The highest BCUT2D eigenvalue weighted by molar-refractivity contribution is 6.35. The van der Waals surface area contributed by atoms with Crippen LogP contribution in [-0.4, -0.2) is 13.1 Å². The second-order valence-corrected chi connectivity index (χ2v) is 4.61. The molecule has 0 radical (unpaired) electrons. The number of benzene rings is 1. The van der Waals surface area contributed by atoms with Gasteiger partial charge in [-0.05, 0) is 37.1 Å². The molecule has 0 heterocycles. The van der Waals surface area contributed by atoms with E-state index in [1.165, 1.54) is 5.57 Å². The summed E-state index contributed by atoms with van der Waals surface area (Å²) in [6.07, 6.45) is 1.93. The maximum atomic E-state index is 6.07. The molecular formula is C13H17Cl2N. The summed E-state index contributed by atoms with van der Waals surface area (Å²) in [5.74, 6) is 0. The summed E-state index contributed by atoms with van der Waals surface area (Å²) < 4.78 is 0. The molecule has 0 aliphatic carbocycles. The number of hydrogen-bond donors (Lipinski definition) is 1. The van der Waals surface area contributed by atoms with E-state index in [9.17, 15) is 0 Å². The molecule has 1 rings (SSSR count). The van der Waals surface area contributed by atoms with Crippen LogP contribution in [-0.2, 0) is 6.42 Å². The summed E-state index contributed by atoms with van der Waals surface area (Å²) in [6, 6.07) is 5.62. The van der Waals surface area contributed by atoms with Gasteiger partial charge in [0.25, 0.3) is 0 Å². The van der Waals surface area contributed by atoms with Gasteiger partial charge >= 0.3 is 0 Å². The standard InChI is InChI=1S/C13H17Cl2N/c1-3-10(2)9-16-7-6-11-4-5-12(14)8-13(11)15/h4-5,8,16H,2-3,6-7,9H2,1H3. The lowest BCUT2D eigenvalue weighted by molar-refractivity contribution is 0.717. The number of hydrogen-bond acceptors (Lipinski definition) is 1. The topological polar surface area (TPSA) is 12.0 Å². The van der Waals surface area contributed by atoms with Gasteiger partial charge < -0.3 is 5.32 Å². The van der Waals surface area contributed by atoms with Crippen LogP contribution in [0.15, 0.2) is 30.4 Å². The lowest BCUT2D eigenvalue weighted by Crippen LogP contribution is -2.19. The highest BCUT2D eigenvalue weighted by Crippen LogP contribution is 2.20. The Kier molecular flexibility index (Phi) is 5.89. The molecule has 0 fully saturated rings. The first-order chi connectivity index (χ1) is 7.63. The number of halogens is 2. The third kappa shape index (κ3) is 4.56. The van der Waals surface area contributed by atoms with Crippen molar-refractivity contribution in [1.82, 2.24) is 5.32 Å². The van der Waals surface area contributed by atoms with Crippen molar-refractivity contribution in [3.05, 3.63) is 46.0 Å². The van der Waals surface area contributed by atoms with E-state index in [2.05, 4.69) is 18.8 Å². The summed E-state index contributed by atoms with van der Waals surface area (Å²) in [5.41, 5.74) is 2.35. The fourth-order valence-electron chi connectivity index (χ4n) is 1.34. The minimum absolute atomic E-state index is 0.682. The molecule has 0 saturated carbocycles. The molecule has 0 spiro atoms. The van der Waals surface area contributed by atoms with Gasteiger partial charge in [0.2, 0.25) is 0 Å². The van der Waals surface area contributed by atoms with E-state index in [-0.39, 0.29) is 0 Å². The van der Waals surface area contributed by atoms with Crippen molar-refractivity contribution in [1.29, 1.82) is 0 Å². The van der Waals surface area contributed by atoms with Crippen molar-refractivity contribution in [2.45, 2.75) is 19.8 Å². The average molecular weight is 258 g/mol. The third-order valence-corrected chi connectivity index (χ3v) is 3.05. The second-order valence-electron chi connectivity index (χ2n) is 3.77. The van der Waals surface area contributed by atoms with Crippen LogP contribution in [0.1, 0.15) is 18.9 Å². The molecule has 0 amide bonds. The Bertz CT molecular complexity index is 361. The molecule has 1 nitrogen and oxygen atoms in total. The summed E-state index contributed by atoms with van der Waals surface area (Å²) in [4.78, 5) is 0. The van der Waals surface area contributed by atoms with E-state index in [1.54, 1.807) is 6.07 Å². The number of nitrogens with one attached hydrogen (secondary N) is 1. The molecule has 1 N–H and O–H groups in total. The van der Waals surface area contributed by atoms with E-state index in [1.807, 2.05) is 12.1 Å². The predicted molar refractivity (Wildman–Crippen MR) is 72.5 cm³/mol. The zero-order valence-electron chi connectivity index (χ0n) is 9.52. The second kappa shape index (κ2) is 6.95. The van der Waals surface area contributed by atoms with Crippen LogP contribution in [0.5, 0.6) is 0 Å². The van der Waals surface area contributed by atoms with Crippen molar-refractivity contribution in [2.24, 2.45) is 0 Å². The zero-order valence-corrected chi connectivity index (χ0v) is 11.0. The minimum atomic E-state index is 0.682. The Hall–Kier alpha value is -0.500. The van der Waals surface area contributed by atoms with Gasteiger partial charge in [-0.2, -0.15) is 0 Å². The molecule has 1 aromatic carbocycles. The van der Waals surface area contributed by atoms with Gasteiger partial charge in [0, 0.05) is 16.6 Å². The lowest BCUT2D eigenvalue weighted by Gasteiger charge is -2.07. The quantitative estimate of drug-likeness (QED) is 0.598.